The van der Waals surface area contributed by atoms with Crippen molar-refractivity contribution in [1.82, 2.24) is 4.90 Å². The normalized spacial score (nSPS) is 15.0. The van der Waals surface area contributed by atoms with Crippen molar-refractivity contribution >= 4 is 62.7 Å². The Balaban J connectivity index is 1.37. The first-order valence-electron chi connectivity index (χ1n) is 9.81. The average Bonchev–Trinajstić information content (AvgIpc) is 3.05. The molecule has 1 fully saturated rings. The number of hydrogen-bond donors (Lipinski definition) is 1. The molecule has 1 aliphatic heterocycles. The third-order valence-electron chi connectivity index (χ3n) is 4.79. The number of hydrogen-bond acceptors (Lipinski definition) is 5. The Hall–Kier alpha value is -3.16. The first-order valence-corrected chi connectivity index (χ1v) is 11.0. The van der Waals surface area contributed by atoms with E-state index >= 15 is 0 Å². The largest absolute Gasteiger partial charge is 0.483 e. The standard InChI is InChI=1S/C24H20N2O3S2/c1-2-26-23(28)21(31-24(26)30)14-16-10-12-18(13-11-16)25-22(27)15-29-20-9-5-7-17-6-3-4-8-19(17)20/h3-14H,2,15H2,1H3,(H,25,27). The molecule has 3 aromatic rings. The third-order valence-corrected chi connectivity index (χ3v) is 6.17. The van der Waals surface area contributed by atoms with E-state index in [0.717, 1.165) is 16.3 Å². The second-order valence-corrected chi connectivity index (χ2v) is 8.54. The number of anilines is 1. The van der Waals surface area contributed by atoms with E-state index in [1.807, 2.05) is 67.6 Å². The monoisotopic (exact) mass is 448 g/mol. The molecule has 1 heterocycles. The van der Waals surface area contributed by atoms with E-state index in [1.165, 1.54) is 11.8 Å². The van der Waals surface area contributed by atoms with Crippen molar-refractivity contribution in [3.05, 3.63) is 77.2 Å². The van der Waals surface area contributed by atoms with E-state index in [0.29, 0.717) is 27.2 Å². The maximum absolute atomic E-state index is 12.3. The number of thioether (sulfide) groups is 1. The summed E-state index contributed by atoms with van der Waals surface area (Å²) in [4.78, 5) is 26.8. The molecule has 0 bridgehead atoms. The lowest BCUT2D eigenvalue weighted by molar-refractivity contribution is -0.122. The van der Waals surface area contributed by atoms with Crippen LogP contribution in [-0.4, -0.2) is 34.2 Å². The first-order chi connectivity index (χ1) is 15.0. The molecule has 0 saturated carbocycles. The summed E-state index contributed by atoms with van der Waals surface area (Å²) >= 11 is 6.54. The minimum atomic E-state index is -0.246. The van der Waals surface area contributed by atoms with Crippen molar-refractivity contribution in [2.75, 3.05) is 18.5 Å². The zero-order valence-electron chi connectivity index (χ0n) is 16.8. The van der Waals surface area contributed by atoms with Crippen LogP contribution in [0.3, 0.4) is 0 Å². The highest BCUT2D eigenvalue weighted by atomic mass is 32.2. The van der Waals surface area contributed by atoms with Gasteiger partial charge in [0.05, 0.1) is 4.91 Å². The topological polar surface area (TPSA) is 58.6 Å². The third kappa shape index (κ3) is 4.78. The number of likely N-dealkylation sites (N-methyl/N-ethyl adjacent to an activating group) is 1. The summed E-state index contributed by atoms with van der Waals surface area (Å²) < 4.78 is 6.31. The Kier molecular flexibility index (Phi) is 6.34. The molecule has 4 rings (SSSR count). The molecule has 5 nitrogen and oxygen atoms in total. The fraction of sp³-hybridized carbons (Fsp3) is 0.125. The fourth-order valence-corrected chi connectivity index (χ4v) is 4.63. The van der Waals surface area contributed by atoms with Gasteiger partial charge in [-0.1, -0.05) is 72.5 Å². The van der Waals surface area contributed by atoms with Crippen molar-refractivity contribution in [2.24, 2.45) is 0 Å². The van der Waals surface area contributed by atoms with Gasteiger partial charge in [-0.2, -0.15) is 0 Å². The van der Waals surface area contributed by atoms with Gasteiger partial charge in [-0.3, -0.25) is 14.5 Å². The van der Waals surface area contributed by atoms with Crippen LogP contribution in [0.2, 0.25) is 0 Å². The van der Waals surface area contributed by atoms with E-state index < -0.39 is 0 Å². The maximum atomic E-state index is 12.3. The Morgan fingerprint density at radius 2 is 1.84 bits per heavy atom. The molecule has 2 amide bonds. The van der Waals surface area contributed by atoms with Crippen molar-refractivity contribution in [3.63, 3.8) is 0 Å². The van der Waals surface area contributed by atoms with E-state index in [4.69, 9.17) is 17.0 Å². The molecule has 31 heavy (non-hydrogen) atoms. The summed E-state index contributed by atoms with van der Waals surface area (Å²) in [5.74, 6) is 0.359. The maximum Gasteiger partial charge on any atom is 0.266 e. The number of carbonyl (C=O) groups excluding carboxylic acids is 2. The van der Waals surface area contributed by atoms with Crippen LogP contribution in [0, 0.1) is 0 Å². The highest BCUT2D eigenvalue weighted by Gasteiger charge is 2.30. The van der Waals surface area contributed by atoms with Crippen LogP contribution in [0.25, 0.3) is 16.8 Å². The van der Waals surface area contributed by atoms with Crippen molar-refractivity contribution in [2.45, 2.75) is 6.92 Å². The summed E-state index contributed by atoms with van der Waals surface area (Å²) in [5.41, 5.74) is 1.52. The van der Waals surface area contributed by atoms with E-state index in [1.54, 1.807) is 17.0 Å². The zero-order chi connectivity index (χ0) is 21.8. The molecule has 1 aliphatic rings. The quantitative estimate of drug-likeness (QED) is 0.421. The second kappa shape index (κ2) is 9.32. The number of nitrogens with one attached hydrogen (secondary N) is 1. The molecule has 0 spiro atoms. The number of thiocarbonyl (C=S) groups is 1. The number of carbonyl (C=O) groups is 2. The van der Waals surface area contributed by atoms with Gasteiger partial charge in [0.15, 0.2) is 6.61 Å². The molecule has 156 valence electrons. The van der Waals surface area contributed by atoms with Crippen LogP contribution < -0.4 is 10.1 Å². The Labute approximate surface area is 190 Å². The van der Waals surface area contributed by atoms with Crippen molar-refractivity contribution in [3.8, 4) is 5.75 Å². The number of fused-ring (bicyclic) bond motifs is 1. The SMILES string of the molecule is CCN1C(=O)C(=Cc2ccc(NC(=O)COc3cccc4ccccc34)cc2)SC1=S. The smallest absolute Gasteiger partial charge is 0.266 e. The predicted molar refractivity (Wildman–Crippen MR) is 130 cm³/mol. The lowest BCUT2D eigenvalue weighted by Gasteiger charge is -2.10. The summed E-state index contributed by atoms with van der Waals surface area (Å²) in [6.45, 7) is 2.37. The summed E-state index contributed by atoms with van der Waals surface area (Å²) in [6, 6.07) is 20.9. The van der Waals surface area contributed by atoms with Crippen LogP contribution in [0.1, 0.15) is 12.5 Å². The van der Waals surface area contributed by atoms with E-state index in [-0.39, 0.29) is 18.4 Å². The Bertz CT molecular complexity index is 1180. The molecule has 1 saturated heterocycles. The summed E-state index contributed by atoms with van der Waals surface area (Å²) in [7, 11) is 0. The summed E-state index contributed by atoms with van der Waals surface area (Å²) in [6.07, 6.45) is 1.81. The molecule has 7 heteroatoms. The minimum absolute atomic E-state index is 0.0690. The molecule has 0 radical (unpaired) electrons. The van der Waals surface area contributed by atoms with Crippen LogP contribution in [0.15, 0.2) is 71.6 Å². The molecule has 0 aliphatic carbocycles. The van der Waals surface area contributed by atoms with Gasteiger partial charge in [0.25, 0.3) is 11.8 Å². The van der Waals surface area contributed by atoms with Crippen LogP contribution >= 0.6 is 24.0 Å². The van der Waals surface area contributed by atoms with Gasteiger partial charge >= 0.3 is 0 Å². The van der Waals surface area contributed by atoms with Gasteiger partial charge < -0.3 is 10.1 Å². The zero-order valence-corrected chi connectivity index (χ0v) is 18.5. The van der Waals surface area contributed by atoms with Gasteiger partial charge in [-0.05, 0) is 42.1 Å². The Morgan fingerprint density at radius 1 is 1.10 bits per heavy atom. The van der Waals surface area contributed by atoms with Gasteiger partial charge in [0.2, 0.25) is 0 Å². The van der Waals surface area contributed by atoms with Gasteiger partial charge in [-0.15, -0.1) is 0 Å². The lowest BCUT2D eigenvalue weighted by Crippen LogP contribution is -2.27. The van der Waals surface area contributed by atoms with Crippen LogP contribution in [-0.2, 0) is 9.59 Å². The molecule has 0 atom stereocenters. The highest BCUT2D eigenvalue weighted by molar-refractivity contribution is 8.26. The number of ether oxygens (including phenoxy) is 1. The highest BCUT2D eigenvalue weighted by Crippen LogP contribution is 2.32. The first kappa shape index (κ1) is 21.1. The molecular formula is C24H20N2O3S2. The molecule has 3 aromatic carbocycles. The van der Waals surface area contributed by atoms with Gasteiger partial charge in [-0.25, -0.2) is 0 Å². The lowest BCUT2D eigenvalue weighted by atomic mass is 10.1. The molecule has 0 unspecified atom stereocenters. The molecule has 0 aromatic heterocycles. The van der Waals surface area contributed by atoms with E-state index in [9.17, 15) is 9.59 Å². The van der Waals surface area contributed by atoms with E-state index in [2.05, 4.69) is 5.32 Å². The summed E-state index contributed by atoms with van der Waals surface area (Å²) in [5, 5.41) is 4.86. The number of rotatable bonds is 6. The van der Waals surface area contributed by atoms with Crippen LogP contribution in [0.5, 0.6) is 5.75 Å². The van der Waals surface area contributed by atoms with Gasteiger partial charge in [0.1, 0.15) is 10.1 Å². The predicted octanol–water partition coefficient (Wildman–Crippen LogP) is 5.08. The van der Waals surface area contributed by atoms with Crippen molar-refractivity contribution in [1.29, 1.82) is 0 Å². The van der Waals surface area contributed by atoms with Crippen molar-refractivity contribution < 1.29 is 14.3 Å². The Morgan fingerprint density at radius 3 is 2.58 bits per heavy atom. The second-order valence-electron chi connectivity index (χ2n) is 6.86. The number of benzene rings is 3. The molecular weight excluding hydrogens is 428 g/mol. The average molecular weight is 449 g/mol. The van der Waals surface area contributed by atoms with Crippen LogP contribution in [0.4, 0.5) is 5.69 Å². The van der Waals surface area contributed by atoms with Gasteiger partial charge in [0, 0.05) is 17.6 Å². The molecule has 1 N–H and O–H groups in total. The fourth-order valence-electron chi connectivity index (χ4n) is 3.25. The number of nitrogens with zero attached hydrogens (tertiary/aromatic N) is 1. The number of amides is 2. The minimum Gasteiger partial charge on any atom is -0.483 e.